The highest BCUT2D eigenvalue weighted by Gasteiger charge is 2.24. The van der Waals surface area contributed by atoms with E-state index in [0.717, 1.165) is 5.56 Å². The van der Waals surface area contributed by atoms with E-state index in [-0.39, 0.29) is 36.1 Å². The summed E-state index contributed by atoms with van der Waals surface area (Å²) in [7, 11) is 0. The van der Waals surface area contributed by atoms with Gasteiger partial charge in [0.05, 0.1) is 27.9 Å². The summed E-state index contributed by atoms with van der Waals surface area (Å²) in [4.78, 5) is 4.03. The van der Waals surface area contributed by atoms with E-state index in [1.807, 2.05) is 41.1 Å². The van der Waals surface area contributed by atoms with Crippen LogP contribution in [0.15, 0.2) is 49.1 Å². The Labute approximate surface area is 191 Å². The molecule has 0 aliphatic rings. The van der Waals surface area contributed by atoms with Crippen LogP contribution in [0.5, 0.6) is 5.75 Å². The number of thiocarbonyl (C=S) groups is 1. The normalized spacial score (nSPS) is 11.9. The van der Waals surface area contributed by atoms with Crippen LogP contribution in [0.25, 0.3) is 0 Å². The van der Waals surface area contributed by atoms with Gasteiger partial charge in [-0.15, -0.1) is 0 Å². The Hall–Kier alpha value is -1.21. The van der Waals surface area contributed by atoms with E-state index in [4.69, 9.17) is 79.7 Å². The Bertz CT molecular complexity index is 954. The molecule has 0 aliphatic heterocycles. The van der Waals surface area contributed by atoms with Crippen molar-refractivity contribution in [2.45, 2.75) is 12.6 Å². The Morgan fingerprint density at radius 3 is 2.14 bits per heavy atom. The largest absolute Gasteiger partial charge is 0.446 e. The lowest BCUT2D eigenvalue weighted by atomic mass is 10.1. The van der Waals surface area contributed by atoms with Crippen molar-refractivity contribution >= 4 is 75.5 Å². The topological polar surface area (TPSA) is 36.3 Å². The van der Waals surface area contributed by atoms with Crippen molar-refractivity contribution in [2.75, 3.05) is 0 Å². The van der Waals surface area contributed by atoms with Crippen LogP contribution in [0, 0.1) is 0 Å². The SMILES string of the molecule is S=C(Oc1c(Cl)c(Cl)c(Cl)c(Cl)c1Cl)OC(Cn1ccnc1)c1ccccc1. The summed E-state index contributed by atoms with van der Waals surface area (Å²) >= 11 is 35.7. The molecule has 0 fully saturated rings. The van der Waals surface area contributed by atoms with E-state index in [0.29, 0.717) is 6.54 Å². The predicted molar refractivity (Wildman–Crippen MR) is 117 cm³/mol. The molecule has 0 spiro atoms. The first-order chi connectivity index (χ1) is 13.4. The molecule has 10 heteroatoms. The smallest absolute Gasteiger partial charge is 0.358 e. The second-order valence-corrected chi connectivity index (χ2v) is 7.75. The zero-order valence-corrected chi connectivity index (χ0v) is 18.5. The van der Waals surface area contributed by atoms with Crippen molar-refractivity contribution in [2.24, 2.45) is 0 Å². The lowest BCUT2D eigenvalue weighted by molar-refractivity contribution is 0.140. The standard InChI is InChI=1S/C18H11Cl5N2O2S/c19-12-13(20)15(22)17(16(23)14(12)21)27-18(28)26-11(8-25-7-6-24-9-25)10-4-2-1-3-5-10/h1-7,9,11H,8H2. The van der Waals surface area contributed by atoms with Crippen LogP contribution in [0.4, 0.5) is 0 Å². The number of halogens is 5. The molecule has 3 rings (SSSR count). The van der Waals surface area contributed by atoms with E-state index in [1.54, 1.807) is 12.5 Å². The van der Waals surface area contributed by atoms with Gasteiger partial charge in [-0.3, -0.25) is 0 Å². The maximum atomic E-state index is 6.18. The Morgan fingerprint density at radius 2 is 1.57 bits per heavy atom. The quantitative estimate of drug-likeness (QED) is 0.211. The third-order valence-corrected chi connectivity index (χ3v) is 6.12. The molecule has 0 N–H and O–H groups in total. The summed E-state index contributed by atoms with van der Waals surface area (Å²) in [6, 6.07) is 9.54. The van der Waals surface area contributed by atoms with Gasteiger partial charge in [-0.05, 0) is 5.56 Å². The van der Waals surface area contributed by atoms with Gasteiger partial charge in [0.15, 0.2) is 5.75 Å². The number of rotatable bonds is 5. The Kier molecular flexibility index (Phi) is 7.31. The maximum Gasteiger partial charge on any atom is 0.358 e. The average molecular weight is 497 g/mol. The molecule has 2 aromatic carbocycles. The molecular weight excluding hydrogens is 486 g/mol. The van der Waals surface area contributed by atoms with Gasteiger partial charge in [-0.1, -0.05) is 88.3 Å². The number of nitrogens with zero attached hydrogens (tertiary/aromatic N) is 2. The van der Waals surface area contributed by atoms with Gasteiger partial charge in [0.1, 0.15) is 16.1 Å². The minimum absolute atomic E-state index is 0.00792. The summed E-state index contributed by atoms with van der Waals surface area (Å²) in [5, 5.41) is -0.190. The number of imidazole rings is 1. The minimum Gasteiger partial charge on any atom is -0.446 e. The van der Waals surface area contributed by atoms with Crippen LogP contribution >= 0.6 is 70.2 Å². The van der Waals surface area contributed by atoms with Crippen LogP contribution in [0.1, 0.15) is 11.7 Å². The van der Waals surface area contributed by atoms with E-state index in [9.17, 15) is 0 Å². The molecule has 3 aromatic rings. The van der Waals surface area contributed by atoms with Crippen LogP contribution in [-0.2, 0) is 11.3 Å². The number of ether oxygens (including phenoxy) is 2. The first-order valence-electron chi connectivity index (χ1n) is 7.79. The van der Waals surface area contributed by atoms with Gasteiger partial charge in [-0.25, -0.2) is 4.98 Å². The average Bonchev–Trinajstić information content (AvgIpc) is 3.21. The molecule has 0 aliphatic carbocycles. The number of benzene rings is 2. The zero-order valence-electron chi connectivity index (χ0n) is 13.9. The number of aromatic nitrogens is 2. The summed E-state index contributed by atoms with van der Waals surface area (Å²) in [6.07, 6.45) is 4.72. The second kappa shape index (κ2) is 9.53. The molecule has 1 heterocycles. The number of hydrogen-bond donors (Lipinski definition) is 0. The van der Waals surface area contributed by atoms with Gasteiger partial charge in [0.2, 0.25) is 0 Å². The lowest BCUT2D eigenvalue weighted by Crippen LogP contribution is -2.19. The van der Waals surface area contributed by atoms with Crippen LogP contribution < -0.4 is 4.74 Å². The van der Waals surface area contributed by atoms with Gasteiger partial charge < -0.3 is 14.0 Å². The van der Waals surface area contributed by atoms with Crippen molar-refractivity contribution < 1.29 is 9.47 Å². The Balaban J connectivity index is 1.83. The molecule has 0 saturated carbocycles. The third-order valence-electron chi connectivity index (χ3n) is 3.70. The van der Waals surface area contributed by atoms with Crippen molar-refractivity contribution in [3.63, 3.8) is 0 Å². The monoisotopic (exact) mass is 494 g/mol. The Morgan fingerprint density at radius 1 is 0.964 bits per heavy atom. The summed E-state index contributed by atoms with van der Waals surface area (Å²) in [6.45, 7) is 0.455. The van der Waals surface area contributed by atoms with Gasteiger partial charge >= 0.3 is 5.24 Å². The fraction of sp³-hybridized carbons (Fsp3) is 0.111. The molecular formula is C18H11Cl5N2O2S. The highest BCUT2D eigenvalue weighted by molar-refractivity contribution is 7.79. The highest BCUT2D eigenvalue weighted by atomic mass is 35.5. The first-order valence-corrected chi connectivity index (χ1v) is 10.1. The van der Waals surface area contributed by atoms with Crippen molar-refractivity contribution in [1.82, 2.24) is 9.55 Å². The van der Waals surface area contributed by atoms with Crippen molar-refractivity contribution in [3.05, 3.63) is 79.7 Å². The van der Waals surface area contributed by atoms with Crippen LogP contribution in [-0.4, -0.2) is 14.8 Å². The molecule has 1 aromatic heterocycles. The molecule has 0 amide bonds. The van der Waals surface area contributed by atoms with Gasteiger partial charge in [0, 0.05) is 24.6 Å². The fourth-order valence-electron chi connectivity index (χ4n) is 2.36. The van der Waals surface area contributed by atoms with Crippen molar-refractivity contribution in [1.29, 1.82) is 0 Å². The van der Waals surface area contributed by atoms with Gasteiger partial charge in [0.25, 0.3) is 0 Å². The molecule has 4 nitrogen and oxygen atoms in total. The summed E-state index contributed by atoms with van der Waals surface area (Å²) in [5.41, 5.74) is 0.895. The molecule has 28 heavy (non-hydrogen) atoms. The van der Waals surface area contributed by atoms with Crippen molar-refractivity contribution in [3.8, 4) is 5.75 Å². The zero-order chi connectivity index (χ0) is 20.3. The van der Waals surface area contributed by atoms with Crippen LogP contribution in [0.2, 0.25) is 25.1 Å². The molecule has 0 saturated heterocycles. The van der Waals surface area contributed by atoms with Crippen LogP contribution in [0.3, 0.4) is 0 Å². The summed E-state index contributed by atoms with van der Waals surface area (Å²) < 4.78 is 13.3. The van der Waals surface area contributed by atoms with E-state index in [2.05, 4.69) is 4.98 Å². The van der Waals surface area contributed by atoms with E-state index in [1.165, 1.54) is 0 Å². The molecule has 1 unspecified atom stereocenters. The number of hydrogen-bond acceptors (Lipinski definition) is 4. The minimum atomic E-state index is -0.446. The summed E-state index contributed by atoms with van der Waals surface area (Å²) in [5.74, 6) is -0.0258. The maximum absolute atomic E-state index is 6.18. The second-order valence-electron chi connectivity index (χ2n) is 5.53. The van der Waals surface area contributed by atoms with Gasteiger partial charge in [-0.2, -0.15) is 0 Å². The molecule has 0 radical (unpaired) electrons. The highest BCUT2D eigenvalue weighted by Crippen LogP contribution is 2.48. The predicted octanol–water partition coefficient (Wildman–Crippen LogP) is 7.27. The molecule has 1 atom stereocenters. The molecule has 0 bridgehead atoms. The third kappa shape index (κ3) is 4.85. The lowest BCUT2D eigenvalue weighted by Gasteiger charge is -2.21. The first kappa shape index (κ1) is 21.5. The van der Waals surface area contributed by atoms with E-state index < -0.39 is 6.10 Å². The fourth-order valence-corrected chi connectivity index (χ4v) is 3.76. The molecule has 146 valence electrons. The van der Waals surface area contributed by atoms with E-state index >= 15 is 0 Å².